The van der Waals surface area contributed by atoms with Crippen molar-refractivity contribution in [2.24, 2.45) is 5.41 Å². The molecule has 3 aromatic heterocycles. The van der Waals surface area contributed by atoms with Crippen LogP contribution in [0.5, 0.6) is 5.88 Å². The number of carbonyl (C=O) groups excluding carboxylic acids is 1. The summed E-state index contributed by atoms with van der Waals surface area (Å²) in [5.74, 6) is -0.565. The van der Waals surface area contributed by atoms with E-state index in [0.29, 0.717) is 23.7 Å². The van der Waals surface area contributed by atoms with Crippen LogP contribution in [-0.4, -0.2) is 41.2 Å². The van der Waals surface area contributed by atoms with E-state index in [0.717, 1.165) is 17.4 Å². The van der Waals surface area contributed by atoms with Crippen LogP contribution in [0.4, 0.5) is 11.5 Å². The van der Waals surface area contributed by atoms with E-state index in [1.54, 1.807) is 23.0 Å². The first-order valence-electron chi connectivity index (χ1n) is 9.41. The monoisotopic (exact) mass is 397 g/mol. The van der Waals surface area contributed by atoms with Crippen LogP contribution in [0.25, 0.3) is 5.65 Å². The highest BCUT2D eigenvalue weighted by atomic mass is 16.3. The average Bonchev–Trinajstić information content (AvgIpc) is 3.35. The number of carbonyl (C=O) groups is 1. The Balaban J connectivity index is 1.85. The van der Waals surface area contributed by atoms with E-state index in [1.165, 1.54) is 6.33 Å². The van der Waals surface area contributed by atoms with Crippen molar-refractivity contribution in [1.29, 1.82) is 0 Å². The summed E-state index contributed by atoms with van der Waals surface area (Å²) >= 11 is 0. The number of hydrogen-bond donors (Lipinski definition) is 3. The SMILES string of the molecule is CC(C)(C)Cn1c(O)c(C(=O)NC2CC2)c(=O)n2nc(Nc3cncnc3)cc12. The molecular formula is C19H23N7O3. The first-order chi connectivity index (χ1) is 13.7. The van der Waals surface area contributed by atoms with Gasteiger partial charge in [0.05, 0.1) is 18.1 Å². The highest BCUT2D eigenvalue weighted by Gasteiger charge is 2.30. The molecule has 1 aliphatic rings. The van der Waals surface area contributed by atoms with Crippen molar-refractivity contribution in [3.05, 3.63) is 40.7 Å². The third kappa shape index (κ3) is 3.91. The lowest BCUT2D eigenvalue weighted by molar-refractivity contribution is 0.0944. The molecule has 1 amide bonds. The minimum Gasteiger partial charge on any atom is -0.494 e. The zero-order valence-corrected chi connectivity index (χ0v) is 16.5. The molecule has 4 rings (SSSR count). The zero-order chi connectivity index (χ0) is 20.8. The molecule has 0 saturated heterocycles. The van der Waals surface area contributed by atoms with E-state index in [2.05, 4.69) is 25.7 Å². The largest absolute Gasteiger partial charge is 0.494 e. The summed E-state index contributed by atoms with van der Waals surface area (Å²) < 4.78 is 2.68. The molecule has 3 heterocycles. The van der Waals surface area contributed by atoms with Gasteiger partial charge in [-0.15, -0.1) is 5.10 Å². The van der Waals surface area contributed by atoms with Crippen molar-refractivity contribution < 1.29 is 9.90 Å². The number of anilines is 2. The van der Waals surface area contributed by atoms with Gasteiger partial charge in [0.1, 0.15) is 12.0 Å². The fourth-order valence-corrected chi connectivity index (χ4v) is 3.04. The Bertz CT molecular complexity index is 1120. The molecule has 0 atom stereocenters. The number of hydrogen-bond acceptors (Lipinski definition) is 7. The summed E-state index contributed by atoms with van der Waals surface area (Å²) in [5, 5.41) is 21.0. The number of aromatic hydroxyl groups is 1. The molecule has 1 fully saturated rings. The van der Waals surface area contributed by atoms with Gasteiger partial charge in [-0.2, -0.15) is 4.52 Å². The Kier molecular flexibility index (Phi) is 4.48. The number of nitrogens with one attached hydrogen (secondary N) is 2. The molecule has 1 aliphatic carbocycles. The van der Waals surface area contributed by atoms with Gasteiger partial charge in [-0.3, -0.25) is 14.2 Å². The normalized spacial score (nSPS) is 14.2. The summed E-state index contributed by atoms with van der Waals surface area (Å²) in [6.07, 6.45) is 6.30. The van der Waals surface area contributed by atoms with Gasteiger partial charge >= 0.3 is 0 Å². The van der Waals surface area contributed by atoms with Crippen LogP contribution in [0.1, 0.15) is 44.0 Å². The van der Waals surface area contributed by atoms with Gasteiger partial charge in [0.2, 0.25) is 5.88 Å². The second-order valence-electron chi connectivity index (χ2n) is 8.45. The average molecular weight is 397 g/mol. The number of amides is 1. The van der Waals surface area contributed by atoms with E-state index in [1.807, 2.05) is 20.8 Å². The van der Waals surface area contributed by atoms with Crippen molar-refractivity contribution in [3.8, 4) is 5.88 Å². The molecule has 3 N–H and O–H groups in total. The van der Waals surface area contributed by atoms with Gasteiger partial charge in [0.15, 0.2) is 11.4 Å². The topological polar surface area (TPSA) is 126 Å². The Morgan fingerprint density at radius 1 is 1.28 bits per heavy atom. The minimum atomic E-state index is -0.668. The predicted molar refractivity (Wildman–Crippen MR) is 106 cm³/mol. The van der Waals surface area contributed by atoms with E-state index in [4.69, 9.17) is 0 Å². The summed E-state index contributed by atoms with van der Waals surface area (Å²) in [6.45, 7) is 6.39. The maximum absolute atomic E-state index is 13.0. The zero-order valence-electron chi connectivity index (χ0n) is 16.5. The van der Waals surface area contributed by atoms with Crippen LogP contribution in [0.2, 0.25) is 0 Å². The van der Waals surface area contributed by atoms with Crippen LogP contribution in [0.15, 0.2) is 29.6 Å². The highest BCUT2D eigenvalue weighted by Crippen LogP contribution is 2.27. The van der Waals surface area contributed by atoms with E-state index >= 15 is 0 Å². The lowest BCUT2D eigenvalue weighted by Crippen LogP contribution is -2.35. The van der Waals surface area contributed by atoms with E-state index < -0.39 is 11.5 Å². The molecular weight excluding hydrogens is 374 g/mol. The molecule has 0 aliphatic heterocycles. The summed E-state index contributed by atoms with van der Waals surface area (Å²) in [7, 11) is 0. The maximum Gasteiger partial charge on any atom is 0.291 e. The maximum atomic E-state index is 13.0. The van der Waals surface area contributed by atoms with Gasteiger partial charge in [0.25, 0.3) is 11.5 Å². The number of nitrogens with zero attached hydrogens (tertiary/aromatic N) is 5. The van der Waals surface area contributed by atoms with Crippen LogP contribution in [-0.2, 0) is 6.54 Å². The van der Waals surface area contributed by atoms with Crippen molar-refractivity contribution in [3.63, 3.8) is 0 Å². The molecule has 0 radical (unpaired) electrons. The number of aromatic nitrogens is 5. The molecule has 29 heavy (non-hydrogen) atoms. The highest BCUT2D eigenvalue weighted by molar-refractivity contribution is 5.96. The van der Waals surface area contributed by atoms with Gasteiger partial charge in [-0.25, -0.2) is 9.97 Å². The summed E-state index contributed by atoms with van der Waals surface area (Å²) in [5.41, 5.74) is -0.210. The molecule has 152 valence electrons. The fourth-order valence-electron chi connectivity index (χ4n) is 3.04. The summed E-state index contributed by atoms with van der Waals surface area (Å²) in [4.78, 5) is 33.5. The van der Waals surface area contributed by atoms with Gasteiger partial charge in [-0.05, 0) is 18.3 Å². The van der Waals surface area contributed by atoms with Crippen molar-refractivity contribution >= 4 is 23.1 Å². The van der Waals surface area contributed by atoms with E-state index in [-0.39, 0.29) is 22.9 Å². The smallest absolute Gasteiger partial charge is 0.291 e. The predicted octanol–water partition coefficient (Wildman–Crippen LogP) is 1.67. The van der Waals surface area contributed by atoms with Crippen molar-refractivity contribution in [1.82, 2.24) is 29.5 Å². The third-order valence-electron chi connectivity index (χ3n) is 4.46. The second kappa shape index (κ2) is 6.87. The first-order valence-corrected chi connectivity index (χ1v) is 9.41. The number of rotatable bonds is 5. The fraction of sp³-hybridized carbons (Fsp3) is 0.421. The Labute approximate surface area is 166 Å². The molecule has 3 aromatic rings. The number of fused-ring (bicyclic) bond motifs is 1. The lowest BCUT2D eigenvalue weighted by atomic mass is 9.96. The standard InChI is InChI=1S/C19H23N7O3/c1-19(2,3)9-25-14-6-13(22-12-7-20-10-21-8-12)24-26(14)18(29)15(17(25)28)16(27)23-11-4-5-11/h6-8,10-11,28H,4-5,9H2,1-3H3,(H,22,24)(H,23,27). The minimum absolute atomic E-state index is 0.0565. The molecule has 10 heteroatoms. The molecule has 1 saturated carbocycles. The van der Waals surface area contributed by atoms with Crippen LogP contribution >= 0.6 is 0 Å². The molecule has 0 bridgehead atoms. The van der Waals surface area contributed by atoms with Crippen molar-refractivity contribution in [2.75, 3.05) is 5.32 Å². The molecule has 10 nitrogen and oxygen atoms in total. The second-order valence-corrected chi connectivity index (χ2v) is 8.45. The lowest BCUT2D eigenvalue weighted by Gasteiger charge is -2.23. The Hall–Kier alpha value is -3.43. The third-order valence-corrected chi connectivity index (χ3v) is 4.46. The Morgan fingerprint density at radius 3 is 2.59 bits per heavy atom. The van der Waals surface area contributed by atoms with Crippen LogP contribution in [0.3, 0.4) is 0 Å². The Morgan fingerprint density at radius 2 is 1.97 bits per heavy atom. The quantitative estimate of drug-likeness (QED) is 0.598. The first kappa shape index (κ1) is 18.9. The summed E-state index contributed by atoms with van der Waals surface area (Å²) in [6, 6.07) is 1.70. The molecule has 0 unspecified atom stereocenters. The van der Waals surface area contributed by atoms with Crippen LogP contribution < -0.4 is 16.2 Å². The van der Waals surface area contributed by atoms with Crippen LogP contribution in [0, 0.1) is 5.41 Å². The molecule has 0 spiro atoms. The van der Waals surface area contributed by atoms with Gasteiger partial charge in [-0.1, -0.05) is 20.8 Å². The van der Waals surface area contributed by atoms with E-state index in [9.17, 15) is 14.7 Å². The van der Waals surface area contributed by atoms with Gasteiger partial charge < -0.3 is 15.7 Å². The van der Waals surface area contributed by atoms with Gasteiger partial charge in [0, 0.05) is 18.7 Å². The molecule has 0 aromatic carbocycles. The van der Waals surface area contributed by atoms with Crippen molar-refractivity contribution in [2.45, 2.75) is 46.2 Å².